The molecule has 2 aromatic heterocycles. The molecule has 0 aliphatic carbocycles. The van der Waals surface area contributed by atoms with Gasteiger partial charge in [-0.3, -0.25) is 4.79 Å². The van der Waals surface area contributed by atoms with Gasteiger partial charge in [0.25, 0.3) is 5.91 Å². The number of likely N-dealkylation sites (tertiary alicyclic amines) is 1. The first-order chi connectivity index (χ1) is 13.7. The highest BCUT2D eigenvalue weighted by atomic mass is 35.5. The maximum Gasteiger partial charge on any atom is 0.254 e. The second kappa shape index (κ2) is 9.33. The lowest BCUT2D eigenvalue weighted by Crippen LogP contribution is -2.39. The smallest absolute Gasteiger partial charge is 0.254 e. The third kappa shape index (κ3) is 4.04. The molecule has 30 heavy (non-hydrogen) atoms. The number of nitrogens with one attached hydrogen (secondary N) is 1. The highest BCUT2D eigenvalue weighted by Crippen LogP contribution is 2.27. The zero-order valence-corrected chi connectivity index (χ0v) is 18.6. The summed E-state index contributed by atoms with van der Waals surface area (Å²) in [4.78, 5) is 20.4. The van der Waals surface area contributed by atoms with Crippen molar-refractivity contribution in [1.82, 2.24) is 25.0 Å². The SMILES string of the molecule is CCn1ncc2c(C(=O)N3CCC4CCC(C3)N4)cc(-c3ccccc3)nc21.Cl.Cl. The molecule has 1 aromatic carbocycles. The van der Waals surface area contributed by atoms with Crippen molar-refractivity contribution < 1.29 is 4.79 Å². The van der Waals surface area contributed by atoms with Crippen LogP contribution < -0.4 is 5.32 Å². The fourth-order valence-corrected chi connectivity index (χ4v) is 4.51. The van der Waals surface area contributed by atoms with Crippen molar-refractivity contribution in [3.63, 3.8) is 0 Å². The van der Waals surface area contributed by atoms with Crippen molar-refractivity contribution in [3.05, 3.63) is 48.2 Å². The van der Waals surface area contributed by atoms with E-state index in [9.17, 15) is 4.79 Å². The van der Waals surface area contributed by atoms with E-state index in [4.69, 9.17) is 4.98 Å². The quantitative estimate of drug-likeness (QED) is 0.660. The normalized spacial score (nSPS) is 20.4. The van der Waals surface area contributed by atoms with Gasteiger partial charge in [-0.2, -0.15) is 5.10 Å². The van der Waals surface area contributed by atoms with E-state index >= 15 is 0 Å². The van der Waals surface area contributed by atoms with Crippen molar-refractivity contribution in [2.24, 2.45) is 0 Å². The van der Waals surface area contributed by atoms with E-state index in [2.05, 4.69) is 10.4 Å². The first-order valence-electron chi connectivity index (χ1n) is 10.2. The number of carbonyl (C=O) groups excluding carboxylic acids is 1. The highest BCUT2D eigenvalue weighted by Gasteiger charge is 2.32. The Morgan fingerprint density at radius 1 is 1.13 bits per heavy atom. The zero-order chi connectivity index (χ0) is 19.1. The summed E-state index contributed by atoms with van der Waals surface area (Å²) in [6, 6.07) is 13.0. The molecule has 0 saturated carbocycles. The molecule has 2 aliphatic rings. The molecular formula is C22H27Cl2N5O. The van der Waals surface area contributed by atoms with E-state index in [1.807, 2.05) is 52.9 Å². The molecule has 0 radical (unpaired) electrons. The molecule has 2 fully saturated rings. The fraction of sp³-hybridized carbons (Fsp3) is 0.409. The molecule has 3 aromatic rings. The van der Waals surface area contributed by atoms with E-state index < -0.39 is 0 Å². The summed E-state index contributed by atoms with van der Waals surface area (Å²) in [5.41, 5.74) is 3.32. The topological polar surface area (TPSA) is 63.1 Å². The number of aryl methyl sites for hydroxylation is 1. The molecule has 0 spiro atoms. The number of hydrogen-bond acceptors (Lipinski definition) is 4. The van der Waals surface area contributed by atoms with Gasteiger partial charge in [-0.1, -0.05) is 30.3 Å². The van der Waals surface area contributed by atoms with E-state index in [1.54, 1.807) is 6.20 Å². The van der Waals surface area contributed by atoms with Crippen LogP contribution in [0.5, 0.6) is 0 Å². The molecule has 4 heterocycles. The number of pyridine rings is 1. The van der Waals surface area contributed by atoms with Crippen LogP contribution in [0, 0.1) is 0 Å². The van der Waals surface area contributed by atoms with Crippen molar-refractivity contribution >= 4 is 41.8 Å². The van der Waals surface area contributed by atoms with E-state index in [1.165, 1.54) is 6.42 Å². The summed E-state index contributed by atoms with van der Waals surface area (Å²) in [6.45, 7) is 4.35. The third-order valence-electron chi connectivity index (χ3n) is 6.02. The number of nitrogens with zero attached hydrogens (tertiary/aromatic N) is 4. The monoisotopic (exact) mass is 447 g/mol. The summed E-state index contributed by atoms with van der Waals surface area (Å²) in [5.74, 6) is 0.0922. The first-order valence-corrected chi connectivity index (χ1v) is 10.2. The van der Waals surface area contributed by atoms with Crippen LogP contribution in [-0.2, 0) is 6.54 Å². The van der Waals surface area contributed by atoms with Gasteiger partial charge in [0.05, 0.1) is 22.8 Å². The third-order valence-corrected chi connectivity index (χ3v) is 6.02. The van der Waals surface area contributed by atoms with Gasteiger partial charge >= 0.3 is 0 Å². The minimum Gasteiger partial charge on any atom is -0.337 e. The van der Waals surface area contributed by atoms with E-state index in [0.717, 1.165) is 54.8 Å². The molecule has 160 valence electrons. The number of halogens is 2. The Labute approximate surface area is 188 Å². The largest absolute Gasteiger partial charge is 0.337 e. The van der Waals surface area contributed by atoms with E-state index in [-0.39, 0.29) is 30.7 Å². The summed E-state index contributed by atoms with van der Waals surface area (Å²) in [5, 5.41) is 8.96. The molecule has 1 N–H and O–H groups in total. The summed E-state index contributed by atoms with van der Waals surface area (Å²) in [7, 11) is 0. The second-order valence-electron chi connectivity index (χ2n) is 7.80. The Bertz CT molecular complexity index is 1020. The number of aromatic nitrogens is 3. The molecule has 8 heteroatoms. The minimum absolute atomic E-state index is 0. The Morgan fingerprint density at radius 2 is 1.90 bits per heavy atom. The standard InChI is InChI=1S/C22H25N5O.2ClH/c1-2-27-21-19(13-23-27)18(12-20(25-21)15-6-4-3-5-7-15)22(28)26-11-10-16-8-9-17(14-26)24-16;;/h3-7,12-13,16-17,24H,2,8-11,14H2,1H3;2*1H. The van der Waals surface area contributed by atoms with Gasteiger partial charge in [-0.25, -0.2) is 9.67 Å². The van der Waals surface area contributed by atoms with Crippen LogP contribution in [0.2, 0.25) is 0 Å². The Hall–Kier alpha value is -2.15. The lowest BCUT2D eigenvalue weighted by Gasteiger charge is -2.24. The molecular weight excluding hydrogens is 421 g/mol. The fourth-order valence-electron chi connectivity index (χ4n) is 4.51. The van der Waals surface area contributed by atoms with Crippen LogP contribution in [0.3, 0.4) is 0 Å². The lowest BCUT2D eigenvalue weighted by molar-refractivity contribution is 0.0750. The first kappa shape index (κ1) is 22.5. The van der Waals surface area contributed by atoms with Crippen LogP contribution in [0.1, 0.15) is 36.5 Å². The Balaban J connectivity index is 0.00000128. The molecule has 5 rings (SSSR count). The van der Waals surface area contributed by atoms with Gasteiger partial charge < -0.3 is 10.2 Å². The summed E-state index contributed by atoms with van der Waals surface area (Å²) in [6.07, 6.45) is 5.20. The molecule has 6 nitrogen and oxygen atoms in total. The lowest BCUT2D eigenvalue weighted by atomic mass is 10.0. The van der Waals surface area contributed by atoms with Gasteiger partial charge in [0.15, 0.2) is 5.65 Å². The van der Waals surface area contributed by atoms with Crippen LogP contribution in [0.4, 0.5) is 0 Å². The predicted molar refractivity (Wildman–Crippen MR) is 124 cm³/mol. The average Bonchev–Trinajstić information content (AvgIpc) is 3.29. The van der Waals surface area contributed by atoms with Crippen molar-refractivity contribution in [1.29, 1.82) is 0 Å². The molecule has 2 unspecified atom stereocenters. The van der Waals surface area contributed by atoms with Gasteiger partial charge in [-0.05, 0) is 32.3 Å². The molecule has 1 amide bonds. The zero-order valence-electron chi connectivity index (χ0n) is 17.0. The second-order valence-corrected chi connectivity index (χ2v) is 7.80. The van der Waals surface area contributed by atoms with Gasteiger partial charge in [0, 0.05) is 37.3 Å². The van der Waals surface area contributed by atoms with Crippen molar-refractivity contribution in [3.8, 4) is 11.3 Å². The number of benzene rings is 1. The predicted octanol–water partition coefficient (Wildman–Crippen LogP) is 3.93. The molecule has 2 bridgehead atoms. The van der Waals surface area contributed by atoms with Crippen molar-refractivity contribution in [2.45, 2.75) is 44.8 Å². The van der Waals surface area contributed by atoms with Gasteiger partial charge in [0.2, 0.25) is 0 Å². The van der Waals surface area contributed by atoms with Crippen molar-refractivity contribution in [2.75, 3.05) is 13.1 Å². The molecule has 2 atom stereocenters. The summed E-state index contributed by atoms with van der Waals surface area (Å²) < 4.78 is 1.87. The summed E-state index contributed by atoms with van der Waals surface area (Å²) >= 11 is 0. The number of amides is 1. The maximum absolute atomic E-state index is 13.6. The Morgan fingerprint density at radius 3 is 2.67 bits per heavy atom. The number of rotatable bonds is 3. The number of carbonyl (C=O) groups is 1. The maximum atomic E-state index is 13.6. The number of hydrogen-bond donors (Lipinski definition) is 1. The van der Waals surface area contributed by atoms with E-state index in [0.29, 0.717) is 17.6 Å². The van der Waals surface area contributed by atoms with Crippen LogP contribution in [0.15, 0.2) is 42.6 Å². The minimum atomic E-state index is 0. The van der Waals surface area contributed by atoms with Gasteiger partial charge in [-0.15, -0.1) is 24.8 Å². The van der Waals surface area contributed by atoms with Crippen LogP contribution >= 0.6 is 24.8 Å². The van der Waals surface area contributed by atoms with Gasteiger partial charge in [0.1, 0.15) is 0 Å². The van der Waals surface area contributed by atoms with Crippen LogP contribution in [0.25, 0.3) is 22.3 Å². The molecule has 2 saturated heterocycles. The molecule has 2 aliphatic heterocycles. The number of fused-ring (bicyclic) bond motifs is 3. The Kier molecular flexibility index (Phi) is 7.01. The van der Waals surface area contributed by atoms with Crippen LogP contribution in [-0.4, -0.2) is 50.7 Å². The highest BCUT2D eigenvalue weighted by molar-refractivity contribution is 6.06. The average molecular weight is 448 g/mol.